The Hall–Kier alpha value is -3.34. The molecule has 0 aromatic rings. The lowest BCUT2D eigenvalue weighted by molar-refractivity contribution is -0.198. The fourth-order valence-electron chi connectivity index (χ4n) is 3.30. The normalized spacial score (nSPS) is 17.9. The van der Waals surface area contributed by atoms with Gasteiger partial charge in [0.05, 0.1) is 12.0 Å². The van der Waals surface area contributed by atoms with Gasteiger partial charge in [-0.15, -0.1) is 11.6 Å². The van der Waals surface area contributed by atoms with Crippen molar-refractivity contribution >= 4 is 35.5 Å². The summed E-state index contributed by atoms with van der Waals surface area (Å²) >= 11 is 0. The highest BCUT2D eigenvalue weighted by Gasteiger charge is 2.33. The van der Waals surface area contributed by atoms with Crippen molar-refractivity contribution in [3.8, 4) is 0 Å². The maximum atomic E-state index is 12.3. The number of amides is 5. The minimum absolute atomic E-state index is 0.00232. The van der Waals surface area contributed by atoms with Gasteiger partial charge in [-0.25, -0.2) is 4.79 Å². The summed E-state index contributed by atoms with van der Waals surface area (Å²) < 4.78 is 5.90. The number of carbonyl (C=O) groups is 6. The van der Waals surface area contributed by atoms with Crippen molar-refractivity contribution in [2.24, 2.45) is 0 Å². The van der Waals surface area contributed by atoms with Gasteiger partial charge in [0.1, 0.15) is 0 Å². The molecule has 1 N–H and O–H groups in total. The second-order valence-electron chi connectivity index (χ2n) is 9.00. The van der Waals surface area contributed by atoms with Gasteiger partial charge < -0.3 is 14.9 Å². The van der Waals surface area contributed by atoms with Gasteiger partial charge in [-0.2, -0.15) is 0 Å². The number of rotatable bonds is 13. The standard InChI is InChI=1S/C23H31N3O8/c1-5-23(4,12-10-21(32)34-26-19(30)8-9-20(26)31)33-15-13-22(2,3)24-16(27)11-14-25-17(28)6-7-18(25)29/h5-7H,1,8-15H2,2-4H3,(H,24,27). The third kappa shape index (κ3) is 7.62. The third-order valence-corrected chi connectivity index (χ3v) is 5.56. The topological polar surface area (TPSA) is 139 Å². The van der Waals surface area contributed by atoms with E-state index in [1.165, 1.54) is 12.2 Å². The highest BCUT2D eigenvalue weighted by Crippen LogP contribution is 2.22. The SMILES string of the molecule is C=CC(C)(CCC(=O)ON1C(=O)CCC1=O)OCCC(C)(C)NC(=O)CCN1C(=O)C=CC1=O. The lowest BCUT2D eigenvalue weighted by Crippen LogP contribution is -2.46. The first-order chi connectivity index (χ1) is 15.9. The van der Waals surface area contributed by atoms with E-state index >= 15 is 0 Å². The number of nitrogens with zero attached hydrogens (tertiary/aromatic N) is 2. The Morgan fingerprint density at radius 2 is 1.62 bits per heavy atom. The minimum Gasteiger partial charge on any atom is -0.371 e. The Morgan fingerprint density at radius 1 is 1.03 bits per heavy atom. The molecule has 2 aliphatic rings. The molecule has 11 heteroatoms. The zero-order valence-corrected chi connectivity index (χ0v) is 19.8. The average molecular weight is 478 g/mol. The molecular formula is C23H31N3O8. The summed E-state index contributed by atoms with van der Waals surface area (Å²) in [5.41, 5.74) is -1.51. The van der Waals surface area contributed by atoms with Gasteiger partial charge in [0.25, 0.3) is 23.6 Å². The zero-order chi connectivity index (χ0) is 25.5. The lowest BCUT2D eigenvalue weighted by Gasteiger charge is -2.31. The van der Waals surface area contributed by atoms with Gasteiger partial charge in [0.15, 0.2) is 0 Å². The van der Waals surface area contributed by atoms with Gasteiger partial charge >= 0.3 is 5.97 Å². The van der Waals surface area contributed by atoms with Crippen LogP contribution in [0.4, 0.5) is 0 Å². The maximum absolute atomic E-state index is 12.3. The molecule has 2 heterocycles. The summed E-state index contributed by atoms with van der Waals surface area (Å²) in [4.78, 5) is 76.4. The van der Waals surface area contributed by atoms with E-state index < -0.39 is 40.7 Å². The predicted molar refractivity (Wildman–Crippen MR) is 118 cm³/mol. The van der Waals surface area contributed by atoms with Crippen molar-refractivity contribution in [2.45, 2.75) is 70.4 Å². The Kier molecular flexibility index (Phi) is 8.86. The van der Waals surface area contributed by atoms with E-state index in [-0.39, 0.29) is 51.2 Å². The summed E-state index contributed by atoms with van der Waals surface area (Å²) in [7, 11) is 0. The molecule has 2 rings (SSSR count). The van der Waals surface area contributed by atoms with Crippen LogP contribution in [-0.2, 0) is 38.3 Å². The number of carbonyl (C=O) groups excluding carboxylic acids is 6. The number of imide groups is 2. The second-order valence-corrected chi connectivity index (χ2v) is 9.00. The Morgan fingerprint density at radius 3 is 2.18 bits per heavy atom. The molecule has 186 valence electrons. The molecule has 0 saturated carbocycles. The Balaban J connectivity index is 1.73. The fourth-order valence-corrected chi connectivity index (χ4v) is 3.30. The van der Waals surface area contributed by atoms with E-state index in [0.29, 0.717) is 11.5 Å². The molecule has 1 unspecified atom stereocenters. The molecule has 0 spiro atoms. The van der Waals surface area contributed by atoms with Crippen LogP contribution in [0.2, 0.25) is 0 Å². The Bertz CT molecular complexity index is 876. The molecule has 0 aliphatic carbocycles. The van der Waals surface area contributed by atoms with E-state index in [9.17, 15) is 28.8 Å². The number of ether oxygens (including phenoxy) is 1. The van der Waals surface area contributed by atoms with Crippen LogP contribution < -0.4 is 5.32 Å². The van der Waals surface area contributed by atoms with Crippen LogP contribution in [0, 0.1) is 0 Å². The molecule has 1 atom stereocenters. The number of hydroxylamine groups is 2. The van der Waals surface area contributed by atoms with Gasteiger partial charge in [-0.1, -0.05) is 6.08 Å². The third-order valence-electron chi connectivity index (χ3n) is 5.56. The van der Waals surface area contributed by atoms with E-state index in [1.807, 2.05) is 13.8 Å². The molecule has 34 heavy (non-hydrogen) atoms. The Labute approximate surface area is 198 Å². The molecule has 1 saturated heterocycles. The number of hydrogen-bond donors (Lipinski definition) is 1. The first kappa shape index (κ1) is 26.9. The van der Waals surface area contributed by atoms with Gasteiger partial charge in [-0.3, -0.25) is 28.9 Å². The summed E-state index contributed by atoms with van der Waals surface area (Å²) in [5.74, 6) is -2.98. The van der Waals surface area contributed by atoms with Crippen molar-refractivity contribution < 1.29 is 38.3 Å². The van der Waals surface area contributed by atoms with E-state index in [2.05, 4.69) is 11.9 Å². The highest BCUT2D eigenvalue weighted by atomic mass is 16.7. The molecule has 5 amide bonds. The predicted octanol–water partition coefficient (Wildman–Crippen LogP) is 0.935. The van der Waals surface area contributed by atoms with Crippen LogP contribution in [-0.4, -0.2) is 69.8 Å². The number of nitrogens with one attached hydrogen (secondary N) is 1. The smallest absolute Gasteiger partial charge is 0.333 e. The van der Waals surface area contributed by atoms with Crippen molar-refractivity contribution in [2.75, 3.05) is 13.2 Å². The van der Waals surface area contributed by atoms with Crippen LogP contribution in [0.15, 0.2) is 24.8 Å². The summed E-state index contributed by atoms with van der Waals surface area (Å²) in [5, 5.41) is 3.36. The first-order valence-corrected chi connectivity index (χ1v) is 11.0. The van der Waals surface area contributed by atoms with Crippen molar-refractivity contribution in [3.05, 3.63) is 24.8 Å². The van der Waals surface area contributed by atoms with Gasteiger partial charge in [-0.05, 0) is 33.6 Å². The number of hydrogen-bond acceptors (Lipinski definition) is 8. The fraction of sp³-hybridized carbons (Fsp3) is 0.565. The monoisotopic (exact) mass is 477 g/mol. The maximum Gasteiger partial charge on any atom is 0.333 e. The van der Waals surface area contributed by atoms with Crippen molar-refractivity contribution in [3.63, 3.8) is 0 Å². The van der Waals surface area contributed by atoms with E-state index in [4.69, 9.17) is 9.57 Å². The van der Waals surface area contributed by atoms with Crippen molar-refractivity contribution in [1.29, 1.82) is 0 Å². The van der Waals surface area contributed by atoms with E-state index in [0.717, 1.165) is 4.90 Å². The molecule has 0 bridgehead atoms. The van der Waals surface area contributed by atoms with E-state index in [1.54, 1.807) is 13.0 Å². The zero-order valence-electron chi connectivity index (χ0n) is 19.8. The van der Waals surface area contributed by atoms with Crippen LogP contribution in [0.5, 0.6) is 0 Å². The molecule has 0 aromatic carbocycles. The summed E-state index contributed by atoms with van der Waals surface area (Å²) in [6.07, 6.45) is 4.48. The highest BCUT2D eigenvalue weighted by molar-refractivity contribution is 6.13. The second kappa shape index (κ2) is 11.2. The van der Waals surface area contributed by atoms with Crippen LogP contribution in [0.1, 0.15) is 59.3 Å². The largest absolute Gasteiger partial charge is 0.371 e. The molecule has 0 radical (unpaired) electrons. The molecule has 11 nitrogen and oxygen atoms in total. The van der Waals surface area contributed by atoms with Crippen LogP contribution in [0.3, 0.4) is 0 Å². The average Bonchev–Trinajstić information content (AvgIpc) is 3.25. The molecular weight excluding hydrogens is 446 g/mol. The van der Waals surface area contributed by atoms with Gasteiger partial charge in [0, 0.05) is 50.1 Å². The van der Waals surface area contributed by atoms with Crippen LogP contribution >= 0.6 is 0 Å². The summed E-state index contributed by atoms with van der Waals surface area (Å²) in [6.45, 7) is 9.35. The minimum atomic E-state index is -0.873. The summed E-state index contributed by atoms with van der Waals surface area (Å²) in [6, 6.07) is 0. The van der Waals surface area contributed by atoms with Gasteiger partial charge in [0.2, 0.25) is 5.91 Å². The van der Waals surface area contributed by atoms with Crippen molar-refractivity contribution in [1.82, 2.24) is 15.3 Å². The van der Waals surface area contributed by atoms with Crippen LogP contribution in [0.25, 0.3) is 0 Å². The first-order valence-electron chi connectivity index (χ1n) is 11.0. The molecule has 1 fully saturated rings. The lowest BCUT2D eigenvalue weighted by atomic mass is 9.98. The molecule has 0 aromatic heterocycles. The molecule has 2 aliphatic heterocycles. The quantitative estimate of drug-likeness (QED) is 0.305.